The second-order valence-corrected chi connectivity index (χ2v) is 9.71. The molecule has 0 atom stereocenters. The topological polar surface area (TPSA) is 116 Å². The zero-order valence-electron chi connectivity index (χ0n) is 21.9. The Morgan fingerprint density at radius 3 is 2.62 bits per heavy atom. The summed E-state index contributed by atoms with van der Waals surface area (Å²) in [6.45, 7) is 5.03. The number of nitrogens with zero attached hydrogens (tertiary/aromatic N) is 5. The Bertz CT molecular complexity index is 1630. The van der Waals surface area contributed by atoms with Gasteiger partial charge in [-0.2, -0.15) is 18.2 Å². The van der Waals surface area contributed by atoms with Gasteiger partial charge in [-0.25, -0.2) is 9.97 Å². The minimum absolute atomic E-state index is 0.0292. The van der Waals surface area contributed by atoms with Crippen LogP contribution in [0.2, 0.25) is 0 Å². The van der Waals surface area contributed by atoms with Gasteiger partial charge in [-0.05, 0) is 55.3 Å². The molecule has 0 radical (unpaired) electrons. The maximum Gasteiger partial charge on any atom is 0.416 e. The number of carbonyl (C=O) groups excluding carboxylic acids is 1. The molecule has 5 rings (SSSR count). The van der Waals surface area contributed by atoms with Crippen molar-refractivity contribution in [3.8, 4) is 11.8 Å². The van der Waals surface area contributed by atoms with Crippen molar-refractivity contribution in [2.24, 2.45) is 0 Å². The minimum Gasteiger partial charge on any atom is -0.368 e. The number of likely N-dealkylation sites (N-methyl/N-ethyl adjacent to an activating group) is 1. The van der Waals surface area contributed by atoms with Gasteiger partial charge in [0.1, 0.15) is 11.2 Å². The molecular formula is C28H27F3N8O. The van der Waals surface area contributed by atoms with Gasteiger partial charge in [0.15, 0.2) is 5.65 Å². The van der Waals surface area contributed by atoms with Crippen molar-refractivity contribution < 1.29 is 18.0 Å². The Morgan fingerprint density at radius 1 is 1.10 bits per heavy atom. The first-order chi connectivity index (χ1) is 19.1. The van der Waals surface area contributed by atoms with E-state index < -0.39 is 17.6 Å². The number of aromatic nitrogens is 4. The highest BCUT2D eigenvalue weighted by Crippen LogP contribution is 2.34. The van der Waals surface area contributed by atoms with Crippen LogP contribution in [0.3, 0.4) is 0 Å². The molecule has 0 aliphatic carbocycles. The molecule has 9 nitrogen and oxygen atoms in total. The molecule has 0 bridgehead atoms. The number of aryl methyl sites for hydroxylation is 1. The van der Waals surface area contributed by atoms with E-state index in [1.165, 1.54) is 18.5 Å². The van der Waals surface area contributed by atoms with Gasteiger partial charge in [0.05, 0.1) is 11.9 Å². The van der Waals surface area contributed by atoms with Crippen LogP contribution in [-0.4, -0.2) is 68.9 Å². The van der Waals surface area contributed by atoms with Gasteiger partial charge in [-0.3, -0.25) is 9.69 Å². The monoisotopic (exact) mass is 548 g/mol. The van der Waals surface area contributed by atoms with Gasteiger partial charge >= 0.3 is 6.18 Å². The zero-order valence-corrected chi connectivity index (χ0v) is 21.9. The predicted molar refractivity (Wildman–Crippen MR) is 145 cm³/mol. The molecule has 3 heterocycles. The number of nitrogen functional groups attached to an aromatic ring is 1. The third-order valence-corrected chi connectivity index (χ3v) is 6.78. The number of alkyl halides is 3. The minimum atomic E-state index is -4.56. The van der Waals surface area contributed by atoms with E-state index in [1.54, 1.807) is 18.2 Å². The average molecular weight is 549 g/mol. The number of halogens is 3. The number of piperazine rings is 1. The molecule has 4 N–H and O–H groups in total. The van der Waals surface area contributed by atoms with E-state index >= 15 is 0 Å². The molecular weight excluding hydrogens is 521 g/mol. The van der Waals surface area contributed by atoms with Crippen molar-refractivity contribution in [1.82, 2.24) is 29.7 Å². The Morgan fingerprint density at radius 2 is 1.88 bits per heavy atom. The summed E-state index contributed by atoms with van der Waals surface area (Å²) in [5.74, 6) is 5.41. The lowest BCUT2D eigenvalue weighted by Gasteiger charge is -2.33. The second-order valence-electron chi connectivity index (χ2n) is 9.71. The molecule has 0 spiro atoms. The predicted octanol–water partition coefficient (Wildman–Crippen LogP) is 3.66. The number of H-pyrrole nitrogens is 1. The van der Waals surface area contributed by atoms with E-state index in [-0.39, 0.29) is 29.3 Å². The van der Waals surface area contributed by atoms with Gasteiger partial charge in [0.25, 0.3) is 5.91 Å². The van der Waals surface area contributed by atoms with Crippen LogP contribution in [0.1, 0.15) is 38.3 Å². The first kappa shape index (κ1) is 27.1. The Hall–Kier alpha value is -4.47. The van der Waals surface area contributed by atoms with E-state index in [0.29, 0.717) is 35.5 Å². The fourth-order valence-electron chi connectivity index (χ4n) is 4.47. The molecule has 206 valence electrons. The SMILES string of the molecule is Cc1ccc(C(=O)Nc2ccc(CN3CCN(C)CC3)c(C(F)(F)F)c2)cc1C#Cc1nc(N)nc2nc[nH]c12. The van der Waals surface area contributed by atoms with Crippen molar-refractivity contribution >= 4 is 28.7 Å². The van der Waals surface area contributed by atoms with E-state index in [4.69, 9.17) is 5.73 Å². The Balaban J connectivity index is 1.36. The second kappa shape index (κ2) is 11.0. The first-order valence-electron chi connectivity index (χ1n) is 12.6. The molecule has 0 unspecified atom stereocenters. The zero-order chi connectivity index (χ0) is 28.4. The number of fused-ring (bicyclic) bond motifs is 1. The molecule has 12 heteroatoms. The van der Waals surface area contributed by atoms with E-state index in [0.717, 1.165) is 24.7 Å². The first-order valence-corrected chi connectivity index (χ1v) is 12.6. The van der Waals surface area contributed by atoms with Gasteiger partial charge in [-0.1, -0.05) is 18.1 Å². The van der Waals surface area contributed by atoms with Crippen LogP contribution in [0.15, 0.2) is 42.7 Å². The number of aromatic amines is 1. The van der Waals surface area contributed by atoms with Crippen molar-refractivity contribution in [3.05, 3.63) is 76.2 Å². The number of hydrogen-bond acceptors (Lipinski definition) is 7. The fourth-order valence-corrected chi connectivity index (χ4v) is 4.47. The number of carbonyl (C=O) groups is 1. The van der Waals surface area contributed by atoms with Crippen molar-refractivity contribution in [1.29, 1.82) is 0 Å². The molecule has 0 saturated carbocycles. The third-order valence-electron chi connectivity index (χ3n) is 6.78. The third kappa shape index (κ3) is 6.06. The molecule has 1 saturated heterocycles. The van der Waals surface area contributed by atoms with Crippen LogP contribution in [0.4, 0.5) is 24.8 Å². The summed E-state index contributed by atoms with van der Waals surface area (Å²) in [5.41, 5.74) is 8.11. The van der Waals surface area contributed by atoms with E-state index in [1.807, 2.05) is 18.9 Å². The highest BCUT2D eigenvalue weighted by atomic mass is 19.4. The molecule has 1 fully saturated rings. The molecule has 4 aromatic rings. The lowest BCUT2D eigenvalue weighted by Crippen LogP contribution is -2.44. The molecule has 1 aliphatic heterocycles. The largest absolute Gasteiger partial charge is 0.416 e. The molecule has 1 amide bonds. The number of imidazole rings is 1. The van der Waals surface area contributed by atoms with Crippen LogP contribution >= 0.6 is 0 Å². The van der Waals surface area contributed by atoms with Crippen LogP contribution < -0.4 is 11.1 Å². The summed E-state index contributed by atoms with van der Waals surface area (Å²) in [7, 11) is 1.99. The van der Waals surface area contributed by atoms with E-state index in [2.05, 4.69) is 42.0 Å². The summed E-state index contributed by atoms with van der Waals surface area (Å²) in [6.07, 6.45) is -3.09. The van der Waals surface area contributed by atoms with Crippen molar-refractivity contribution in [2.75, 3.05) is 44.3 Å². The van der Waals surface area contributed by atoms with Gasteiger partial charge in [-0.15, -0.1) is 0 Å². The maximum atomic E-state index is 14.0. The molecule has 2 aromatic heterocycles. The normalized spacial score (nSPS) is 14.6. The number of benzene rings is 2. The summed E-state index contributed by atoms with van der Waals surface area (Å²) < 4.78 is 41.9. The standard InChI is InChI=1S/C28H27F3N8O/c1-17-3-4-19(13-18(17)6-8-23-24-25(34-16-33-24)37-27(32)36-23)26(40)35-21-7-5-20(22(14-21)28(29,30)31)15-39-11-9-38(2)10-12-39/h3-5,7,13-14,16H,9-12,15H2,1-2H3,(H,35,40)(H3,32,33,34,36,37). The number of nitrogens with one attached hydrogen (secondary N) is 2. The van der Waals surface area contributed by atoms with Gasteiger partial charge < -0.3 is 20.9 Å². The number of nitrogens with two attached hydrogens (primary N) is 1. The van der Waals surface area contributed by atoms with Crippen LogP contribution in [-0.2, 0) is 12.7 Å². The lowest BCUT2D eigenvalue weighted by molar-refractivity contribution is -0.138. The Labute approximate surface area is 228 Å². The van der Waals surface area contributed by atoms with E-state index in [9.17, 15) is 18.0 Å². The molecule has 1 aliphatic rings. The van der Waals surface area contributed by atoms with Gasteiger partial charge in [0.2, 0.25) is 5.95 Å². The fraction of sp³-hybridized carbons (Fsp3) is 0.286. The molecule has 40 heavy (non-hydrogen) atoms. The summed E-state index contributed by atoms with van der Waals surface area (Å²) >= 11 is 0. The van der Waals surface area contributed by atoms with Crippen molar-refractivity contribution in [2.45, 2.75) is 19.6 Å². The van der Waals surface area contributed by atoms with Crippen molar-refractivity contribution in [3.63, 3.8) is 0 Å². The highest BCUT2D eigenvalue weighted by molar-refractivity contribution is 6.04. The smallest absolute Gasteiger partial charge is 0.368 e. The number of hydrogen-bond donors (Lipinski definition) is 3. The summed E-state index contributed by atoms with van der Waals surface area (Å²) in [6, 6.07) is 8.83. The number of anilines is 2. The number of amides is 1. The van der Waals surface area contributed by atoms with Crippen LogP contribution in [0.25, 0.3) is 11.2 Å². The number of rotatable bonds is 4. The highest BCUT2D eigenvalue weighted by Gasteiger charge is 2.34. The lowest BCUT2D eigenvalue weighted by atomic mass is 10.0. The van der Waals surface area contributed by atoms with Crippen LogP contribution in [0, 0.1) is 18.8 Å². The summed E-state index contributed by atoms with van der Waals surface area (Å²) in [4.78, 5) is 32.4. The van der Waals surface area contributed by atoms with Crippen LogP contribution in [0.5, 0.6) is 0 Å². The average Bonchev–Trinajstić information content (AvgIpc) is 3.38. The summed E-state index contributed by atoms with van der Waals surface area (Å²) in [5, 5.41) is 2.60. The molecule has 2 aromatic carbocycles. The quantitative estimate of drug-likeness (QED) is 0.334. The van der Waals surface area contributed by atoms with Gasteiger partial charge in [0, 0.05) is 49.5 Å². The Kier molecular flexibility index (Phi) is 7.42. The maximum absolute atomic E-state index is 14.0.